The quantitative estimate of drug-likeness (QED) is 0.177. The van der Waals surface area contributed by atoms with Crippen LogP contribution in [0.5, 0.6) is 5.75 Å². The summed E-state index contributed by atoms with van der Waals surface area (Å²) in [4.78, 5) is 24.9. The molecule has 0 radical (unpaired) electrons. The number of benzene rings is 4. The first-order valence-corrected chi connectivity index (χ1v) is 16.3. The number of fused-ring (bicyclic) bond motifs is 1. The van der Waals surface area contributed by atoms with Crippen molar-refractivity contribution in [3.8, 4) is 16.9 Å². The number of alkyl halides is 3. The fourth-order valence-corrected chi connectivity index (χ4v) is 7.36. The zero-order valence-electron chi connectivity index (χ0n) is 25.6. The van der Waals surface area contributed by atoms with Gasteiger partial charge in [0.1, 0.15) is 18.4 Å². The van der Waals surface area contributed by atoms with Crippen molar-refractivity contribution in [3.05, 3.63) is 114 Å². The first kappa shape index (κ1) is 33.5. The number of carbonyl (C=O) groups excluding carboxylic acids is 1. The largest absolute Gasteiger partial charge is 0.492 e. The van der Waals surface area contributed by atoms with Crippen molar-refractivity contribution in [1.29, 1.82) is 0 Å². The maximum Gasteiger partial charge on any atom is 0.416 e. The molecule has 0 saturated heterocycles. The van der Waals surface area contributed by atoms with Crippen LogP contribution in [-0.4, -0.2) is 44.6 Å². The van der Waals surface area contributed by atoms with Crippen LogP contribution in [0.3, 0.4) is 0 Å². The maximum absolute atomic E-state index is 14.0. The van der Waals surface area contributed by atoms with Gasteiger partial charge in [0.15, 0.2) is 0 Å². The number of hydrogen-bond donors (Lipinski definition) is 2. The van der Waals surface area contributed by atoms with E-state index >= 15 is 0 Å². The highest BCUT2D eigenvalue weighted by Gasteiger charge is 2.42. The Bertz CT molecular complexity index is 1860. The van der Waals surface area contributed by atoms with Crippen molar-refractivity contribution in [1.82, 2.24) is 5.32 Å². The van der Waals surface area contributed by atoms with Crippen LogP contribution in [0.1, 0.15) is 36.5 Å². The highest BCUT2D eigenvalue weighted by Crippen LogP contribution is 2.38. The zero-order chi connectivity index (χ0) is 33.9. The molecule has 0 spiro atoms. The van der Waals surface area contributed by atoms with E-state index in [1.807, 2.05) is 13.8 Å². The summed E-state index contributed by atoms with van der Waals surface area (Å²) in [5.41, 5.74) is 1.57. The maximum atomic E-state index is 14.0. The summed E-state index contributed by atoms with van der Waals surface area (Å²) in [6.45, 7) is 3.83. The molecule has 4 aromatic carbocycles. The Hall–Kier alpha value is -4.84. The van der Waals surface area contributed by atoms with E-state index in [0.717, 1.165) is 16.4 Å². The number of carboxylic acid groups (broad SMARTS) is 1. The summed E-state index contributed by atoms with van der Waals surface area (Å²) >= 11 is 0. The van der Waals surface area contributed by atoms with Crippen molar-refractivity contribution in [2.24, 2.45) is 5.92 Å². The number of nitrogens with one attached hydrogen (secondary N) is 1. The van der Waals surface area contributed by atoms with Crippen LogP contribution in [0.25, 0.3) is 11.1 Å². The lowest BCUT2D eigenvalue weighted by atomic mass is 9.88. The van der Waals surface area contributed by atoms with Crippen LogP contribution in [0.15, 0.2) is 102 Å². The van der Waals surface area contributed by atoms with Crippen molar-refractivity contribution in [2.75, 3.05) is 17.5 Å². The lowest BCUT2D eigenvalue weighted by Gasteiger charge is -2.26. The Kier molecular flexibility index (Phi) is 9.62. The molecule has 1 aliphatic rings. The number of carboxylic acids is 1. The fraction of sp³-hybridized carbons (Fsp3) is 0.257. The molecule has 4 aromatic rings. The molecule has 2 atom stereocenters. The van der Waals surface area contributed by atoms with Gasteiger partial charge in [-0.3, -0.25) is 13.9 Å². The predicted octanol–water partition coefficient (Wildman–Crippen LogP) is 6.51. The monoisotopic (exact) mass is 666 g/mol. The number of anilines is 1. The smallest absolute Gasteiger partial charge is 0.416 e. The molecule has 8 nitrogen and oxygen atoms in total. The fourth-order valence-electron chi connectivity index (χ4n) is 5.71. The number of para-hydroxylation sites is 1. The van der Waals surface area contributed by atoms with Gasteiger partial charge in [-0.05, 0) is 70.6 Å². The summed E-state index contributed by atoms with van der Waals surface area (Å²) in [6, 6.07) is 22.7. The Labute approximate surface area is 270 Å². The lowest BCUT2D eigenvalue weighted by molar-refractivity contribution is -0.140. The lowest BCUT2D eigenvalue weighted by Crippen LogP contribution is -2.48. The average Bonchev–Trinajstić information content (AvgIpc) is 3.44. The van der Waals surface area contributed by atoms with Crippen LogP contribution in [0.4, 0.5) is 18.9 Å². The van der Waals surface area contributed by atoms with Gasteiger partial charge < -0.3 is 15.2 Å². The minimum atomic E-state index is -4.52. The number of aliphatic carboxylic acids is 1. The molecular weight excluding hydrogens is 633 g/mol. The minimum absolute atomic E-state index is 0.0801. The number of hydrogen-bond acceptors (Lipinski definition) is 5. The number of carbonyl (C=O) groups is 2. The summed E-state index contributed by atoms with van der Waals surface area (Å²) < 4.78 is 74.4. The van der Waals surface area contributed by atoms with E-state index in [9.17, 15) is 36.3 Å². The van der Waals surface area contributed by atoms with E-state index in [0.29, 0.717) is 28.1 Å². The normalized spacial score (nSPS) is 15.3. The van der Waals surface area contributed by atoms with E-state index in [-0.39, 0.29) is 35.9 Å². The highest BCUT2D eigenvalue weighted by atomic mass is 32.2. The second kappa shape index (κ2) is 13.5. The van der Waals surface area contributed by atoms with Gasteiger partial charge in [-0.1, -0.05) is 68.4 Å². The molecule has 12 heteroatoms. The van der Waals surface area contributed by atoms with Gasteiger partial charge >= 0.3 is 12.1 Å². The van der Waals surface area contributed by atoms with Gasteiger partial charge in [0.05, 0.1) is 28.6 Å². The van der Waals surface area contributed by atoms with Gasteiger partial charge in [0, 0.05) is 6.42 Å². The first-order valence-electron chi connectivity index (χ1n) is 14.9. The van der Waals surface area contributed by atoms with Gasteiger partial charge in [0.25, 0.3) is 10.0 Å². The number of rotatable bonds is 11. The molecule has 1 unspecified atom stereocenters. The molecule has 0 fully saturated rings. The molecule has 0 saturated carbocycles. The second-order valence-electron chi connectivity index (χ2n) is 11.5. The molecule has 5 rings (SSSR count). The number of sulfonamides is 1. The summed E-state index contributed by atoms with van der Waals surface area (Å²) in [6.07, 6.45) is -4.37. The standard InChI is InChI=1S/C35H33F3N2O6S/c1-22(2)32(34(42)43)24-10-14-28(15-11-24)46-19-18-39-33(41)31-21-26-6-3-4-9-30(26)40(31)47(44,45)29-16-12-23(13-17-29)25-7-5-8-27(20-25)35(36,37)38/h3-17,20,22,31-32H,18-19,21H2,1-2H3,(H,39,41)(H,42,43)/t31-,32?/m0/s1. The summed E-state index contributed by atoms with van der Waals surface area (Å²) in [7, 11) is -4.25. The summed E-state index contributed by atoms with van der Waals surface area (Å²) in [5, 5.41) is 12.3. The molecule has 0 aliphatic carbocycles. The van der Waals surface area contributed by atoms with Crippen LogP contribution >= 0.6 is 0 Å². The Morgan fingerprint density at radius 1 is 0.936 bits per heavy atom. The van der Waals surface area contributed by atoms with Crippen molar-refractivity contribution in [3.63, 3.8) is 0 Å². The van der Waals surface area contributed by atoms with Gasteiger partial charge in [0.2, 0.25) is 5.91 Å². The molecule has 1 heterocycles. The third-order valence-electron chi connectivity index (χ3n) is 8.00. The Balaban J connectivity index is 1.28. The van der Waals surface area contributed by atoms with Gasteiger partial charge in [-0.15, -0.1) is 0 Å². The molecule has 0 bridgehead atoms. The third kappa shape index (κ3) is 7.27. The number of ether oxygens (including phenoxy) is 1. The van der Waals surface area contributed by atoms with Gasteiger partial charge in [-0.25, -0.2) is 8.42 Å². The van der Waals surface area contributed by atoms with Crippen molar-refractivity contribution < 1.29 is 41.0 Å². The Morgan fingerprint density at radius 2 is 1.62 bits per heavy atom. The average molecular weight is 667 g/mol. The zero-order valence-corrected chi connectivity index (χ0v) is 26.4. The SMILES string of the molecule is CC(C)C(C(=O)O)c1ccc(OCCNC(=O)[C@@H]2Cc3ccccc3N2S(=O)(=O)c2ccc(-c3cccc(C(F)(F)F)c3)cc2)cc1. The molecular formula is C35H33F3N2O6S. The highest BCUT2D eigenvalue weighted by molar-refractivity contribution is 7.93. The number of halogens is 3. The van der Waals surface area contributed by atoms with E-state index < -0.39 is 45.6 Å². The van der Waals surface area contributed by atoms with Crippen LogP contribution in [-0.2, 0) is 32.2 Å². The second-order valence-corrected chi connectivity index (χ2v) is 13.3. The molecule has 1 aliphatic heterocycles. The van der Waals surface area contributed by atoms with Crippen LogP contribution in [0, 0.1) is 5.92 Å². The van der Waals surface area contributed by atoms with E-state index in [1.54, 1.807) is 48.5 Å². The van der Waals surface area contributed by atoms with Crippen LogP contribution < -0.4 is 14.4 Å². The van der Waals surface area contributed by atoms with Crippen molar-refractivity contribution in [2.45, 2.75) is 43.3 Å². The van der Waals surface area contributed by atoms with E-state index in [1.165, 1.54) is 36.4 Å². The topological polar surface area (TPSA) is 113 Å². The molecule has 1 amide bonds. The number of nitrogens with zero attached hydrogens (tertiary/aromatic N) is 1. The van der Waals surface area contributed by atoms with E-state index in [4.69, 9.17) is 4.74 Å². The first-order chi connectivity index (χ1) is 22.3. The van der Waals surface area contributed by atoms with Gasteiger partial charge in [-0.2, -0.15) is 13.2 Å². The molecule has 2 N–H and O–H groups in total. The third-order valence-corrected chi connectivity index (χ3v) is 9.84. The minimum Gasteiger partial charge on any atom is -0.492 e. The molecule has 0 aromatic heterocycles. The van der Waals surface area contributed by atoms with E-state index in [2.05, 4.69) is 5.32 Å². The molecule has 47 heavy (non-hydrogen) atoms. The molecule has 246 valence electrons. The van der Waals surface area contributed by atoms with Crippen LogP contribution in [0.2, 0.25) is 0 Å². The van der Waals surface area contributed by atoms with Crippen molar-refractivity contribution >= 4 is 27.6 Å². The number of amides is 1. The summed E-state index contributed by atoms with van der Waals surface area (Å²) in [5.74, 6) is -1.68. The predicted molar refractivity (Wildman–Crippen MR) is 171 cm³/mol. The Morgan fingerprint density at radius 3 is 2.26 bits per heavy atom.